The molecule has 108 valence electrons. The maximum absolute atomic E-state index is 4.51. The van der Waals surface area contributed by atoms with Crippen LogP contribution in [0.15, 0.2) is 36.5 Å². The molecular formula is C17H25N3. The maximum atomic E-state index is 4.51. The van der Waals surface area contributed by atoms with Crippen LogP contribution in [0, 0.1) is 6.92 Å². The van der Waals surface area contributed by atoms with Gasteiger partial charge in [-0.3, -0.25) is 4.68 Å². The first kappa shape index (κ1) is 14.8. The van der Waals surface area contributed by atoms with Gasteiger partial charge in [-0.05, 0) is 37.9 Å². The van der Waals surface area contributed by atoms with E-state index in [9.17, 15) is 0 Å². The molecule has 0 amide bonds. The fourth-order valence-corrected chi connectivity index (χ4v) is 2.42. The molecule has 1 aromatic carbocycles. The molecule has 0 aliphatic rings. The van der Waals surface area contributed by atoms with Crippen molar-refractivity contribution in [1.29, 1.82) is 0 Å². The van der Waals surface area contributed by atoms with Crippen LogP contribution in [0.2, 0.25) is 0 Å². The van der Waals surface area contributed by atoms with Crippen molar-refractivity contribution in [1.82, 2.24) is 15.1 Å². The second kappa shape index (κ2) is 7.25. The molecule has 0 saturated heterocycles. The van der Waals surface area contributed by atoms with Crippen molar-refractivity contribution in [2.24, 2.45) is 7.05 Å². The maximum Gasteiger partial charge on any atom is 0.0631 e. The predicted molar refractivity (Wildman–Crippen MR) is 84.0 cm³/mol. The van der Waals surface area contributed by atoms with Gasteiger partial charge in [0.1, 0.15) is 0 Å². The molecule has 1 N–H and O–H groups in total. The number of benzene rings is 1. The highest BCUT2D eigenvalue weighted by Crippen LogP contribution is 2.20. The largest absolute Gasteiger partial charge is 0.316 e. The topological polar surface area (TPSA) is 29.9 Å². The first-order valence-electron chi connectivity index (χ1n) is 7.45. The molecule has 3 nitrogen and oxygen atoms in total. The molecule has 0 spiro atoms. The lowest BCUT2D eigenvalue weighted by Gasteiger charge is -2.17. The molecule has 20 heavy (non-hydrogen) atoms. The molecule has 0 saturated carbocycles. The van der Waals surface area contributed by atoms with E-state index in [4.69, 9.17) is 0 Å². The number of rotatable bonds is 7. The smallest absolute Gasteiger partial charge is 0.0631 e. The van der Waals surface area contributed by atoms with Gasteiger partial charge in [0, 0.05) is 25.7 Å². The Morgan fingerprint density at radius 3 is 2.55 bits per heavy atom. The highest BCUT2D eigenvalue weighted by molar-refractivity contribution is 5.26. The minimum Gasteiger partial charge on any atom is -0.316 e. The number of hydrogen-bond acceptors (Lipinski definition) is 2. The van der Waals surface area contributed by atoms with Gasteiger partial charge in [-0.2, -0.15) is 5.10 Å². The van der Waals surface area contributed by atoms with E-state index in [1.165, 1.54) is 17.5 Å². The van der Waals surface area contributed by atoms with Crippen LogP contribution in [-0.2, 0) is 13.5 Å². The number of aromatic nitrogens is 2. The van der Waals surface area contributed by atoms with Crippen LogP contribution in [0.25, 0.3) is 0 Å². The fourth-order valence-electron chi connectivity index (χ4n) is 2.42. The first-order valence-corrected chi connectivity index (χ1v) is 7.45. The molecule has 1 unspecified atom stereocenters. The highest BCUT2D eigenvalue weighted by atomic mass is 15.2. The quantitative estimate of drug-likeness (QED) is 0.784. The summed E-state index contributed by atoms with van der Waals surface area (Å²) in [6.07, 6.45) is 4.17. The molecule has 3 heteroatoms. The Labute approximate surface area is 122 Å². The number of nitrogens with zero attached hydrogens (tertiary/aromatic N) is 2. The molecule has 1 atom stereocenters. The Balaban J connectivity index is 2.09. The van der Waals surface area contributed by atoms with E-state index in [2.05, 4.69) is 54.6 Å². The van der Waals surface area contributed by atoms with Gasteiger partial charge in [-0.15, -0.1) is 0 Å². The lowest BCUT2D eigenvalue weighted by molar-refractivity contribution is 0.568. The van der Waals surface area contributed by atoms with E-state index >= 15 is 0 Å². The van der Waals surface area contributed by atoms with Crippen LogP contribution in [-0.4, -0.2) is 22.9 Å². The van der Waals surface area contributed by atoms with Gasteiger partial charge in [0.15, 0.2) is 0 Å². The van der Waals surface area contributed by atoms with Crippen molar-refractivity contribution in [3.8, 4) is 0 Å². The normalized spacial score (nSPS) is 12.6. The zero-order valence-corrected chi connectivity index (χ0v) is 12.8. The summed E-state index contributed by atoms with van der Waals surface area (Å²) in [7, 11) is 1.97. The summed E-state index contributed by atoms with van der Waals surface area (Å²) >= 11 is 0. The van der Waals surface area contributed by atoms with Crippen LogP contribution < -0.4 is 5.32 Å². The van der Waals surface area contributed by atoms with E-state index in [0.717, 1.165) is 25.2 Å². The van der Waals surface area contributed by atoms with Gasteiger partial charge in [0.05, 0.1) is 5.69 Å². The summed E-state index contributed by atoms with van der Waals surface area (Å²) < 4.78 is 1.88. The number of aryl methyl sites for hydroxylation is 2. The predicted octanol–water partition coefficient (Wildman–Crippen LogP) is 3.05. The standard InChI is InChI=1S/C17H25N3/c1-4-10-18-13-16(12-17-9-11-20(3)19-17)15-7-5-14(2)6-8-15/h5-9,11,16,18H,4,10,12-13H2,1-3H3. The summed E-state index contributed by atoms with van der Waals surface area (Å²) in [5, 5.41) is 8.05. The Kier molecular flexibility index (Phi) is 5.36. The molecule has 0 fully saturated rings. The van der Waals surface area contributed by atoms with Crippen LogP contribution in [0.4, 0.5) is 0 Å². The van der Waals surface area contributed by atoms with Gasteiger partial charge in [-0.25, -0.2) is 0 Å². The van der Waals surface area contributed by atoms with Crippen molar-refractivity contribution in [2.75, 3.05) is 13.1 Å². The van der Waals surface area contributed by atoms with E-state index in [-0.39, 0.29) is 0 Å². The average Bonchev–Trinajstić information content (AvgIpc) is 2.84. The summed E-state index contributed by atoms with van der Waals surface area (Å²) in [4.78, 5) is 0. The monoisotopic (exact) mass is 271 g/mol. The Morgan fingerprint density at radius 1 is 1.20 bits per heavy atom. The minimum atomic E-state index is 0.483. The Morgan fingerprint density at radius 2 is 1.95 bits per heavy atom. The second-order valence-electron chi connectivity index (χ2n) is 5.50. The van der Waals surface area contributed by atoms with E-state index < -0.39 is 0 Å². The molecular weight excluding hydrogens is 246 g/mol. The minimum absolute atomic E-state index is 0.483. The first-order chi connectivity index (χ1) is 9.69. The van der Waals surface area contributed by atoms with Crippen molar-refractivity contribution in [3.63, 3.8) is 0 Å². The lowest BCUT2D eigenvalue weighted by atomic mass is 9.93. The fraction of sp³-hybridized carbons (Fsp3) is 0.471. The number of nitrogens with one attached hydrogen (secondary N) is 1. The van der Waals surface area contributed by atoms with Gasteiger partial charge in [0.25, 0.3) is 0 Å². The Hall–Kier alpha value is -1.61. The molecule has 0 radical (unpaired) electrons. The van der Waals surface area contributed by atoms with E-state index in [1.807, 2.05) is 17.9 Å². The summed E-state index contributed by atoms with van der Waals surface area (Å²) in [6.45, 7) is 6.41. The second-order valence-corrected chi connectivity index (χ2v) is 5.50. The number of hydrogen-bond donors (Lipinski definition) is 1. The molecule has 0 aliphatic heterocycles. The third-order valence-corrected chi connectivity index (χ3v) is 3.59. The van der Waals surface area contributed by atoms with Crippen LogP contribution >= 0.6 is 0 Å². The molecule has 1 aromatic heterocycles. The summed E-state index contributed by atoms with van der Waals surface area (Å²) in [5.41, 5.74) is 3.87. The van der Waals surface area contributed by atoms with Crippen LogP contribution in [0.1, 0.15) is 36.1 Å². The molecule has 0 aliphatic carbocycles. The molecule has 1 heterocycles. The van der Waals surface area contributed by atoms with Crippen molar-refractivity contribution >= 4 is 0 Å². The summed E-state index contributed by atoms with van der Waals surface area (Å²) in [5.74, 6) is 0.483. The average molecular weight is 271 g/mol. The van der Waals surface area contributed by atoms with Gasteiger partial charge in [0.2, 0.25) is 0 Å². The van der Waals surface area contributed by atoms with E-state index in [0.29, 0.717) is 5.92 Å². The lowest BCUT2D eigenvalue weighted by Crippen LogP contribution is -2.23. The SMILES string of the molecule is CCCNCC(Cc1ccn(C)n1)c1ccc(C)cc1. The third kappa shape index (κ3) is 4.20. The molecule has 0 bridgehead atoms. The Bertz CT molecular complexity index is 513. The van der Waals surface area contributed by atoms with Crippen molar-refractivity contribution in [2.45, 2.75) is 32.6 Å². The molecule has 2 rings (SSSR count). The zero-order chi connectivity index (χ0) is 14.4. The van der Waals surface area contributed by atoms with Gasteiger partial charge >= 0.3 is 0 Å². The van der Waals surface area contributed by atoms with Crippen LogP contribution in [0.5, 0.6) is 0 Å². The third-order valence-electron chi connectivity index (χ3n) is 3.59. The van der Waals surface area contributed by atoms with E-state index in [1.54, 1.807) is 0 Å². The zero-order valence-electron chi connectivity index (χ0n) is 12.8. The van der Waals surface area contributed by atoms with Crippen molar-refractivity contribution < 1.29 is 0 Å². The van der Waals surface area contributed by atoms with Crippen LogP contribution in [0.3, 0.4) is 0 Å². The molecule has 2 aromatic rings. The van der Waals surface area contributed by atoms with Crippen molar-refractivity contribution in [3.05, 3.63) is 53.3 Å². The summed E-state index contributed by atoms with van der Waals surface area (Å²) in [6, 6.07) is 11.0. The van der Waals surface area contributed by atoms with Gasteiger partial charge < -0.3 is 5.32 Å². The highest BCUT2D eigenvalue weighted by Gasteiger charge is 2.13. The van der Waals surface area contributed by atoms with Gasteiger partial charge in [-0.1, -0.05) is 36.8 Å².